The van der Waals surface area contributed by atoms with E-state index in [2.05, 4.69) is 11.4 Å². The summed E-state index contributed by atoms with van der Waals surface area (Å²) in [4.78, 5) is 22.7. The van der Waals surface area contributed by atoms with Crippen molar-refractivity contribution in [2.45, 2.75) is 39.0 Å². The molecule has 1 saturated carbocycles. The van der Waals surface area contributed by atoms with Crippen LogP contribution in [0, 0.1) is 16.7 Å². The Morgan fingerprint density at radius 1 is 1.47 bits per heavy atom. The number of esters is 1. The number of amides is 1. The Labute approximate surface area is 101 Å². The normalized spacial score (nSPS) is 16.5. The van der Waals surface area contributed by atoms with Crippen LogP contribution in [0.5, 0.6) is 0 Å². The van der Waals surface area contributed by atoms with Crippen LogP contribution < -0.4 is 5.32 Å². The molecule has 0 spiro atoms. The molecule has 1 fully saturated rings. The van der Waals surface area contributed by atoms with Crippen LogP contribution in [0.2, 0.25) is 0 Å². The predicted molar refractivity (Wildman–Crippen MR) is 60.8 cm³/mol. The van der Waals surface area contributed by atoms with E-state index in [0.29, 0.717) is 38.8 Å². The number of hydrogen-bond acceptors (Lipinski definition) is 4. The van der Waals surface area contributed by atoms with Crippen molar-refractivity contribution in [3.8, 4) is 6.07 Å². The molecule has 1 N–H and O–H groups in total. The molecule has 0 aromatic carbocycles. The van der Waals surface area contributed by atoms with E-state index in [1.165, 1.54) is 0 Å². The molecule has 0 atom stereocenters. The van der Waals surface area contributed by atoms with Gasteiger partial charge in [0, 0.05) is 13.0 Å². The van der Waals surface area contributed by atoms with Crippen LogP contribution in [-0.4, -0.2) is 25.0 Å². The van der Waals surface area contributed by atoms with Crippen molar-refractivity contribution < 1.29 is 14.3 Å². The first-order valence-electron chi connectivity index (χ1n) is 6.00. The number of nitrogens with zero attached hydrogens (tertiary/aromatic N) is 1. The Hall–Kier alpha value is -1.57. The minimum absolute atomic E-state index is 0.199. The van der Waals surface area contributed by atoms with E-state index in [1.54, 1.807) is 6.92 Å². The van der Waals surface area contributed by atoms with Gasteiger partial charge in [-0.1, -0.05) is 0 Å². The van der Waals surface area contributed by atoms with Crippen LogP contribution in [0.25, 0.3) is 0 Å². The summed E-state index contributed by atoms with van der Waals surface area (Å²) in [7, 11) is 0. The Balaban J connectivity index is 2.17. The largest absolute Gasteiger partial charge is 0.466 e. The fraction of sp³-hybridized carbons (Fsp3) is 0.750. The maximum absolute atomic E-state index is 11.7. The van der Waals surface area contributed by atoms with Gasteiger partial charge < -0.3 is 10.1 Å². The fourth-order valence-electron chi connectivity index (χ4n) is 1.76. The highest BCUT2D eigenvalue weighted by Crippen LogP contribution is 2.40. The summed E-state index contributed by atoms with van der Waals surface area (Å²) in [6.07, 6.45) is 3.07. The molecule has 0 aromatic rings. The molecule has 5 nitrogen and oxygen atoms in total. The third-order valence-electron chi connectivity index (χ3n) is 3.00. The highest BCUT2D eigenvalue weighted by molar-refractivity contribution is 5.86. The van der Waals surface area contributed by atoms with Crippen LogP contribution in [-0.2, 0) is 14.3 Å². The third-order valence-corrected chi connectivity index (χ3v) is 3.00. The molecule has 0 saturated heterocycles. The summed E-state index contributed by atoms with van der Waals surface area (Å²) in [5.74, 6) is -0.449. The van der Waals surface area contributed by atoms with E-state index >= 15 is 0 Å². The molecule has 17 heavy (non-hydrogen) atoms. The second kappa shape index (κ2) is 6.24. The molecule has 0 unspecified atom stereocenters. The number of carbonyl (C=O) groups excluding carboxylic acids is 2. The van der Waals surface area contributed by atoms with Gasteiger partial charge in [0.1, 0.15) is 5.41 Å². The molecule has 1 aliphatic carbocycles. The molecule has 1 amide bonds. The molecule has 5 heteroatoms. The van der Waals surface area contributed by atoms with Crippen molar-refractivity contribution in [1.82, 2.24) is 5.32 Å². The maximum atomic E-state index is 11.7. The third kappa shape index (κ3) is 3.45. The lowest BCUT2D eigenvalue weighted by Crippen LogP contribution is -2.45. The minimum atomic E-state index is -0.802. The van der Waals surface area contributed by atoms with Crippen LogP contribution in [0.3, 0.4) is 0 Å². The maximum Gasteiger partial charge on any atom is 0.305 e. The Kier molecular flexibility index (Phi) is 4.95. The Morgan fingerprint density at radius 3 is 2.65 bits per heavy atom. The standard InChI is InChI=1S/C12H18N2O3/c1-2-17-10(15)5-3-8-14-11(16)12(9-13)6-4-7-12/h2-8H2,1H3,(H,14,16). The fourth-order valence-corrected chi connectivity index (χ4v) is 1.76. The first kappa shape index (κ1) is 13.5. The van der Waals surface area contributed by atoms with E-state index < -0.39 is 5.41 Å². The van der Waals surface area contributed by atoms with Gasteiger partial charge in [0.15, 0.2) is 0 Å². The molecule has 0 radical (unpaired) electrons. The van der Waals surface area contributed by atoms with Crippen molar-refractivity contribution in [2.24, 2.45) is 5.41 Å². The smallest absolute Gasteiger partial charge is 0.305 e. The average molecular weight is 238 g/mol. The van der Waals surface area contributed by atoms with Gasteiger partial charge in [-0.25, -0.2) is 0 Å². The van der Waals surface area contributed by atoms with Crippen molar-refractivity contribution in [2.75, 3.05) is 13.2 Å². The molecule has 1 aliphatic rings. The van der Waals surface area contributed by atoms with Gasteiger partial charge in [-0.2, -0.15) is 5.26 Å². The van der Waals surface area contributed by atoms with E-state index in [4.69, 9.17) is 10.00 Å². The molecule has 0 aliphatic heterocycles. The molecule has 0 bridgehead atoms. The molecular weight excluding hydrogens is 220 g/mol. The summed E-state index contributed by atoms with van der Waals surface area (Å²) >= 11 is 0. The topological polar surface area (TPSA) is 79.2 Å². The number of nitrogens with one attached hydrogen (secondary N) is 1. The van der Waals surface area contributed by atoms with Crippen LogP contribution in [0.4, 0.5) is 0 Å². The Bertz CT molecular complexity index is 329. The lowest BCUT2D eigenvalue weighted by atomic mass is 9.69. The summed E-state index contributed by atoms with van der Waals surface area (Å²) < 4.78 is 4.77. The van der Waals surface area contributed by atoms with Crippen molar-refractivity contribution in [1.29, 1.82) is 5.26 Å². The summed E-state index contributed by atoms with van der Waals surface area (Å²) in [6.45, 7) is 2.55. The number of hydrogen-bond donors (Lipinski definition) is 1. The summed E-state index contributed by atoms with van der Waals surface area (Å²) in [5.41, 5.74) is -0.802. The first-order valence-corrected chi connectivity index (χ1v) is 6.00. The molecule has 0 aromatic heterocycles. The lowest BCUT2D eigenvalue weighted by Gasteiger charge is -2.33. The van der Waals surface area contributed by atoms with Gasteiger partial charge in [0.2, 0.25) is 5.91 Å². The zero-order valence-corrected chi connectivity index (χ0v) is 10.1. The molecule has 94 valence electrons. The molecule has 1 rings (SSSR count). The highest BCUT2D eigenvalue weighted by atomic mass is 16.5. The predicted octanol–water partition coefficient (Wildman–Crippen LogP) is 1.14. The first-order chi connectivity index (χ1) is 8.14. The van der Waals surface area contributed by atoms with Gasteiger partial charge in [0.05, 0.1) is 12.7 Å². The lowest BCUT2D eigenvalue weighted by molar-refractivity contribution is -0.143. The minimum Gasteiger partial charge on any atom is -0.466 e. The zero-order valence-electron chi connectivity index (χ0n) is 10.1. The Morgan fingerprint density at radius 2 is 2.18 bits per heavy atom. The number of nitriles is 1. The quantitative estimate of drug-likeness (QED) is 0.556. The van der Waals surface area contributed by atoms with Crippen LogP contribution in [0.15, 0.2) is 0 Å². The number of carbonyl (C=O) groups is 2. The number of rotatable bonds is 6. The van der Waals surface area contributed by atoms with Crippen molar-refractivity contribution in [3.05, 3.63) is 0 Å². The van der Waals surface area contributed by atoms with E-state index in [0.717, 1.165) is 6.42 Å². The number of ether oxygens (including phenoxy) is 1. The van der Waals surface area contributed by atoms with E-state index in [-0.39, 0.29) is 11.9 Å². The second-order valence-electron chi connectivity index (χ2n) is 4.21. The monoisotopic (exact) mass is 238 g/mol. The van der Waals surface area contributed by atoms with Gasteiger partial charge in [-0.15, -0.1) is 0 Å². The van der Waals surface area contributed by atoms with Gasteiger partial charge in [0.25, 0.3) is 0 Å². The SMILES string of the molecule is CCOC(=O)CCCNC(=O)C1(C#N)CCC1. The molecular formula is C12H18N2O3. The van der Waals surface area contributed by atoms with E-state index in [1.807, 2.05) is 0 Å². The van der Waals surface area contributed by atoms with Crippen LogP contribution >= 0.6 is 0 Å². The summed E-state index contributed by atoms with van der Waals surface area (Å²) in [6, 6.07) is 2.08. The van der Waals surface area contributed by atoms with Crippen LogP contribution in [0.1, 0.15) is 39.0 Å². The van der Waals surface area contributed by atoms with Crippen molar-refractivity contribution >= 4 is 11.9 Å². The molecule has 0 heterocycles. The van der Waals surface area contributed by atoms with Gasteiger partial charge >= 0.3 is 5.97 Å². The van der Waals surface area contributed by atoms with Gasteiger partial charge in [-0.3, -0.25) is 9.59 Å². The highest BCUT2D eigenvalue weighted by Gasteiger charge is 2.44. The van der Waals surface area contributed by atoms with E-state index in [9.17, 15) is 9.59 Å². The second-order valence-corrected chi connectivity index (χ2v) is 4.21. The average Bonchev–Trinajstić information content (AvgIpc) is 2.24. The van der Waals surface area contributed by atoms with Gasteiger partial charge in [-0.05, 0) is 32.6 Å². The van der Waals surface area contributed by atoms with Crippen molar-refractivity contribution in [3.63, 3.8) is 0 Å². The zero-order chi connectivity index (χ0) is 12.7. The summed E-state index contributed by atoms with van der Waals surface area (Å²) in [5, 5.41) is 11.6.